The molecule has 0 radical (unpaired) electrons. The van der Waals surface area contributed by atoms with Gasteiger partial charge in [-0.3, -0.25) is 30.6 Å². The average Bonchev–Trinajstić information content (AvgIpc) is 3.44. The first-order valence-electron chi connectivity index (χ1n) is 7.86. The molecule has 8 nitrogen and oxygen atoms in total. The van der Waals surface area contributed by atoms with Gasteiger partial charge in [0.25, 0.3) is 17.5 Å². The summed E-state index contributed by atoms with van der Waals surface area (Å²) in [6, 6.07) is 10.7. The molecule has 1 aliphatic rings. The number of amides is 2. The normalized spacial score (nSPS) is 13.0. The molecule has 0 aromatic heterocycles. The van der Waals surface area contributed by atoms with E-state index in [9.17, 15) is 19.7 Å². The van der Waals surface area contributed by atoms with E-state index in [-0.39, 0.29) is 27.9 Å². The van der Waals surface area contributed by atoms with Crippen LogP contribution in [0.15, 0.2) is 42.5 Å². The molecule has 0 spiro atoms. The number of nitro groups is 1. The second kappa shape index (κ2) is 7.40. The van der Waals surface area contributed by atoms with Crippen LogP contribution >= 0.6 is 11.6 Å². The van der Waals surface area contributed by atoms with Crippen LogP contribution in [0.25, 0.3) is 0 Å². The summed E-state index contributed by atoms with van der Waals surface area (Å²) in [6.07, 6.45) is 1.93. The van der Waals surface area contributed by atoms with Gasteiger partial charge >= 0.3 is 0 Å². The van der Waals surface area contributed by atoms with Crippen LogP contribution in [0.1, 0.15) is 33.6 Å². The van der Waals surface area contributed by atoms with Crippen molar-refractivity contribution in [1.82, 2.24) is 10.9 Å². The Balaban J connectivity index is 1.69. The molecule has 0 bridgehead atoms. The van der Waals surface area contributed by atoms with Crippen LogP contribution in [-0.2, 0) is 0 Å². The van der Waals surface area contributed by atoms with Gasteiger partial charge in [0.2, 0.25) is 0 Å². The van der Waals surface area contributed by atoms with Gasteiger partial charge in [-0.15, -0.1) is 0 Å². The van der Waals surface area contributed by atoms with Crippen molar-refractivity contribution in [2.24, 2.45) is 0 Å². The van der Waals surface area contributed by atoms with Crippen molar-refractivity contribution in [1.29, 1.82) is 0 Å². The van der Waals surface area contributed by atoms with E-state index in [1.807, 2.05) is 0 Å². The average molecular weight is 375 g/mol. The molecule has 2 aromatic rings. The molecule has 0 heterocycles. The fourth-order valence-corrected chi connectivity index (χ4v) is 2.51. The molecule has 0 atom stereocenters. The maximum atomic E-state index is 12.2. The van der Waals surface area contributed by atoms with E-state index in [4.69, 9.17) is 11.6 Å². The van der Waals surface area contributed by atoms with Gasteiger partial charge in [0.1, 0.15) is 5.69 Å². The largest absolute Gasteiger partial charge is 0.377 e. The SMILES string of the molecule is O=C(NNC(=O)c1ccccc1Cl)c1ccc(NC2CC2)c([N+](=O)[O-])c1. The minimum atomic E-state index is -0.675. The van der Waals surface area contributed by atoms with E-state index in [1.54, 1.807) is 18.2 Å². The summed E-state index contributed by atoms with van der Waals surface area (Å²) in [5.41, 5.74) is 4.89. The number of hydrogen-bond donors (Lipinski definition) is 3. The lowest BCUT2D eigenvalue weighted by molar-refractivity contribution is -0.384. The summed E-state index contributed by atoms with van der Waals surface area (Å²) < 4.78 is 0. The van der Waals surface area contributed by atoms with Crippen LogP contribution in [-0.4, -0.2) is 22.8 Å². The summed E-state index contributed by atoms with van der Waals surface area (Å²) in [4.78, 5) is 34.9. The predicted octanol–water partition coefficient (Wildman–Crippen LogP) is 2.90. The topological polar surface area (TPSA) is 113 Å². The number of carbonyl (C=O) groups excluding carboxylic acids is 2. The Morgan fingerprint density at radius 3 is 2.42 bits per heavy atom. The van der Waals surface area contributed by atoms with Crippen molar-refractivity contribution in [2.75, 3.05) is 5.32 Å². The van der Waals surface area contributed by atoms with Gasteiger partial charge in [0, 0.05) is 17.7 Å². The lowest BCUT2D eigenvalue weighted by Crippen LogP contribution is -2.41. The third-order valence-electron chi connectivity index (χ3n) is 3.80. The standard InChI is InChI=1S/C17H15ClN4O4/c18-13-4-2-1-3-12(13)17(24)21-20-16(23)10-5-8-14(19-11-6-7-11)15(9-10)22(25)26/h1-5,8-9,11,19H,6-7H2,(H,20,23)(H,21,24). The number of nitro benzene ring substituents is 1. The van der Waals surface area contributed by atoms with E-state index in [0.29, 0.717) is 5.69 Å². The number of nitrogens with one attached hydrogen (secondary N) is 3. The van der Waals surface area contributed by atoms with E-state index in [1.165, 1.54) is 24.3 Å². The molecule has 0 unspecified atom stereocenters. The Bertz CT molecular complexity index is 883. The number of hydrogen-bond acceptors (Lipinski definition) is 5. The Kier molecular flexibility index (Phi) is 5.04. The van der Waals surface area contributed by atoms with Gasteiger partial charge in [-0.25, -0.2) is 0 Å². The summed E-state index contributed by atoms with van der Waals surface area (Å²) in [5, 5.41) is 14.5. The van der Waals surface area contributed by atoms with Crippen molar-refractivity contribution in [3.63, 3.8) is 0 Å². The first-order valence-corrected chi connectivity index (χ1v) is 8.23. The monoisotopic (exact) mass is 374 g/mol. The lowest BCUT2D eigenvalue weighted by atomic mass is 10.1. The molecular weight excluding hydrogens is 360 g/mol. The van der Waals surface area contributed by atoms with Crippen LogP contribution in [0.3, 0.4) is 0 Å². The molecule has 3 N–H and O–H groups in total. The first-order chi connectivity index (χ1) is 12.5. The quantitative estimate of drug-likeness (QED) is 0.550. The van der Waals surface area contributed by atoms with Crippen LogP contribution < -0.4 is 16.2 Å². The molecule has 0 aliphatic heterocycles. The molecule has 1 fully saturated rings. The van der Waals surface area contributed by atoms with Gasteiger partial charge in [0.05, 0.1) is 15.5 Å². The highest BCUT2D eigenvalue weighted by Crippen LogP contribution is 2.31. The molecule has 26 heavy (non-hydrogen) atoms. The Morgan fingerprint density at radius 1 is 1.08 bits per heavy atom. The second-order valence-corrected chi connectivity index (χ2v) is 6.20. The minimum absolute atomic E-state index is 0.0532. The lowest BCUT2D eigenvalue weighted by Gasteiger charge is -2.10. The van der Waals surface area contributed by atoms with E-state index in [0.717, 1.165) is 12.8 Å². The van der Waals surface area contributed by atoms with Gasteiger partial charge in [-0.2, -0.15) is 0 Å². The number of nitrogens with zero attached hydrogens (tertiary/aromatic N) is 1. The van der Waals surface area contributed by atoms with E-state index < -0.39 is 16.7 Å². The summed E-state index contributed by atoms with van der Waals surface area (Å²) >= 11 is 5.92. The predicted molar refractivity (Wildman–Crippen MR) is 96.1 cm³/mol. The van der Waals surface area contributed by atoms with Crippen molar-refractivity contribution in [3.05, 3.63) is 68.7 Å². The minimum Gasteiger partial charge on any atom is -0.377 e. The van der Waals surface area contributed by atoms with Crippen LogP contribution in [0.4, 0.5) is 11.4 Å². The highest BCUT2D eigenvalue weighted by atomic mass is 35.5. The van der Waals surface area contributed by atoms with Gasteiger partial charge < -0.3 is 5.32 Å². The van der Waals surface area contributed by atoms with Crippen LogP contribution in [0.2, 0.25) is 5.02 Å². The van der Waals surface area contributed by atoms with Crippen LogP contribution in [0, 0.1) is 10.1 Å². The zero-order chi connectivity index (χ0) is 18.7. The number of benzene rings is 2. The fourth-order valence-electron chi connectivity index (χ4n) is 2.29. The van der Waals surface area contributed by atoms with Crippen molar-refractivity contribution in [2.45, 2.75) is 18.9 Å². The maximum Gasteiger partial charge on any atom is 0.293 e. The third kappa shape index (κ3) is 4.09. The van der Waals surface area contributed by atoms with Crippen molar-refractivity contribution in [3.8, 4) is 0 Å². The Hall–Kier alpha value is -3.13. The maximum absolute atomic E-state index is 12.2. The summed E-state index contributed by atoms with van der Waals surface area (Å²) in [5.74, 6) is -1.27. The molecule has 1 aliphatic carbocycles. The van der Waals surface area contributed by atoms with Gasteiger partial charge in [-0.05, 0) is 37.1 Å². The second-order valence-electron chi connectivity index (χ2n) is 5.80. The number of rotatable bonds is 5. The molecule has 134 valence electrons. The van der Waals surface area contributed by atoms with Gasteiger partial charge in [-0.1, -0.05) is 23.7 Å². The molecule has 1 saturated carbocycles. The molecule has 3 rings (SSSR count). The van der Waals surface area contributed by atoms with E-state index >= 15 is 0 Å². The molecule has 0 saturated heterocycles. The number of halogens is 1. The molecule has 9 heteroatoms. The fraction of sp³-hybridized carbons (Fsp3) is 0.176. The first kappa shape index (κ1) is 17.7. The molecule has 2 amide bonds. The number of carbonyl (C=O) groups is 2. The Morgan fingerprint density at radius 2 is 1.77 bits per heavy atom. The summed E-state index contributed by atoms with van der Waals surface area (Å²) in [6.45, 7) is 0. The van der Waals surface area contributed by atoms with Crippen molar-refractivity contribution >= 4 is 34.8 Å². The van der Waals surface area contributed by atoms with Crippen molar-refractivity contribution < 1.29 is 14.5 Å². The molecular formula is C17H15ClN4O4. The van der Waals surface area contributed by atoms with Crippen LogP contribution in [0.5, 0.6) is 0 Å². The van der Waals surface area contributed by atoms with Gasteiger partial charge in [0.15, 0.2) is 0 Å². The molecule has 2 aromatic carbocycles. The zero-order valence-corrected chi connectivity index (χ0v) is 14.2. The van der Waals surface area contributed by atoms with E-state index in [2.05, 4.69) is 16.2 Å². The number of anilines is 1. The highest BCUT2D eigenvalue weighted by Gasteiger charge is 2.25. The highest BCUT2D eigenvalue weighted by molar-refractivity contribution is 6.33. The zero-order valence-electron chi connectivity index (χ0n) is 13.5. The Labute approximate surface area is 153 Å². The third-order valence-corrected chi connectivity index (χ3v) is 4.13. The smallest absolute Gasteiger partial charge is 0.293 e. The number of hydrazine groups is 1. The summed E-state index contributed by atoms with van der Waals surface area (Å²) in [7, 11) is 0.